The quantitative estimate of drug-likeness (QED) is 0.727. The maximum atomic E-state index is 13.1. The van der Waals surface area contributed by atoms with Crippen molar-refractivity contribution in [3.63, 3.8) is 0 Å². The molecule has 0 bridgehead atoms. The van der Waals surface area contributed by atoms with Gasteiger partial charge in [0.25, 0.3) is 5.56 Å². The summed E-state index contributed by atoms with van der Waals surface area (Å²) in [4.78, 5) is 55.2. The zero-order chi connectivity index (χ0) is 22.9. The van der Waals surface area contributed by atoms with Crippen LogP contribution < -0.4 is 17.0 Å². The molecule has 0 atom stereocenters. The zero-order valence-corrected chi connectivity index (χ0v) is 18.6. The van der Waals surface area contributed by atoms with Crippen LogP contribution in [0.3, 0.4) is 0 Å². The van der Waals surface area contributed by atoms with Gasteiger partial charge in [-0.3, -0.25) is 28.4 Å². The summed E-state index contributed by atoms with van der Waals surface area (Å²) in [5, 5.41) is 0.415. The summed E-state index contributed by atoms with van der Waals surface area (Å²) < 4.78 is 2.53. The molecule has 2 aliphatic heterocycles. The van der Waals surface area contributed by atoms with E-state index in [2.05, 4.69) is 4.90 Å². The van der Waals surface area contributed by atoms with Gasteiger partial charge >= 0.3 is 5.69 Å². The fraction of sp³-hybridized carbons (Fsp3) is 0.565. The molecule has 0 radical (unpaired) electrons. The molecule has 1 aromatic heterocycles. The van der Waals surface area contributed by atoms with Gasteiger partial charge in [-0.05, 0) is 57.8 Å². The Kier molecular flexibility index (Phi) is 6.19. The van der Waals surface area contributed by atoms with Crippen LogP contribution in [-0.2, 0) is 22.7 Å². The first-order valence-electron chi connectivity index (χ1n) is 11.4. The largest absolute Gasteiger partial charge is 0.368 e. The fourth-order valence-electron chi connectivity index (χ4n) is 5.22. The first-order chi connectivity index (χ1) is 15.4. The van der Waals surface area contributed by atoms with E-state index in [1.807, 2.05) is 6.92 Å². The molecular formula is C23H31N5O4. The van der Waals surface area contributed by atoms with Crippen molar-refractivity contribution < 1.29 is 9.59 Å². The Balaban J connectivity index is 1.55. The van der Waals surface area contributed by atoms with Crippen LogP contribution in [0.15, 0.2) is 33.9 Å². The van der Waals surface area contributed by atoms with Crippen molar-refractivity contribution in [3.8, 4) is 0 Å². The number of carbonyl (C=O) groups is 2. The monoisotopic (exact) mass is 441 g/mol. The second kappa shape index (κ2) is 8.90. The van der Waals surface area contributed by atoms with Crippen LogP contribution in [0.1, 0.15) is 39.0 Å². The van der Waals surface area contributed by atoms with Gasteiger partial charge in [0.15, 0.2) is 0 Å². The van der Waals surface area contributed by atoms with Crippen molar-refractivity contribution in [3.05, 3.63) is 45.1 Å². The standard InChI is InChI=1S/C23H31N5O4/c1-2-27-18-9-5-4-8-17(18)20(30)28(22(27)32)16-19(29)25-14-10-23(11-15-25,21(24)31)26-12-6-3-7-13-26/h4-5,8-9H,2-3,6-7,10-16H2,1H3,(H2,24,31). The Bertz CT molecular complexity index is 1140. The molecule has 0 saturated carbocycles. The van der Waals surface area contributed by atoms with Crippen molar-refractivity contribution in [2.75, 3.05) is 26.2 Å². The first kappa shape index (κ1) is 22.3. The number of likely N-dealkylation sites (tertiary alicyclic amines) is 2. The number of piperidine rings is 2. The molecule has 4 rings (SSSR count). The van der Waals surface area contributed by atoms with E-state index in [4.69, 9.17) is 5.73 Å². The van der Waals surface area contributed by atoms with Crippen molar-refractivity contribution in [1.29, 1.82) is 0 Å². The maximum absolute atomic E-state index is 13.1. The number of primary amides is 1. The third-order valence-corrected chi connectivity index (χ3v) is 7.11. The van der Waals surface area contributed by atoms with Gasteiger partial charge in [-0.25, -0.2) is 4.79 Å². The Morgan fingerprint density at radius 2 is 1.62 bits per heavy atom. The lowest BCUT2D eigenvalue weighted by Crippen LogP contribution is -2.64. The summed E-state index contributed by atoms with van der Waals surface area (Å²) >= 11 is 0. The second-order valence-electron chi connectivity index (χ2n) is 8.76. The van der Waals surface area contributed by atoms with Crippen LogP contribution in [-0.4, -0.2) is 62.5 Å². The minimum Gasteiger partial charge on any atom is -0.368 e. The Morgan fingerprint density at radius 1 is 0.969 bits per heavy atom. The number of aryl methyl sites for hydroxylation is 1. The molecule has 1 aromatic carbocycles. The molecule has 0 spiro atoms. The molecule has 3 heterocycles. The van der Waals surface area contributed by atoms with Crippen LogP contribution in [0, 0.1) is 0 Å². The molecule has 172 valence electrons. The average molecular weight is 442 g/mol. The minimum absolute atomic E-state index is 0.293. The number of nitrogens with zero attached hydrogens (tertiary/aromatic N) is 4. The predicted molar refractivity (Wildman–Crippen MR) is 121 cm³/mol. The zero-order valence-electron chi connectivity index (χ0n) is 18.6. The van der Waals surface area contributed by atoms with Gasteiger partial charge in [-0.15, -0.1) is 0 Å². The highest BCUT2D eigenvalue weighted by Crippen LogP contribution is 2.31. The van der Waals surface area contributed by atoms with Crippen LogP contribution in [0.4, 0.5) is 0 Å². The lowest BCUT2D eigenvalue weighted by Gasteiger charge is -2.48. The number of aromatic nitrogens is 2. The topological polar surface area (TPSA) is 111 Å². The van der Waals surface area contributed by atoms with E-state index in [0.717, 1.165) is 36.9 Å². The number of rotatable bonds is 5. The maximum Gasteiger partial charge on any atom is 0.331 e. The highest BCUT2D eigenvalue weighted by molar-refractivity contribution is 5.85. The molecule has 9 heteroatoms. The van der Waals surface area contributed by atoms with E-state index >= 15 is 0 Å². The van der Waals surface area contributed by atoms with Crippen LogP contribution >= 0.6 is 0 Å². The molecule has 9 nitrogen and oxygen atoms in total. The van der Waals surface area contributed by atoms with E-state index in [-0.39, 0.29) is 18.4 Å². The first-order valence-corrected chi connectivity index (χ1v) is 11.4. The molecule has 32 heavy (non-hydrogen) atoms. The van der Waals surface area contributed by atoms with E-state index in [1.54, 1.807) is 29.2 Å². The molecule has 2 aliphatic rings. The third-order valence-electron chi connectivity index (χ3n) is 7.11. The lowest BCUT2D eigenvalue weighted by molar-refractivity contribution is -0.142. The van der Waals surface area contributed by atoms with Gasteiger partial charge in [0.2, 0.25) is 11.8 Å². The van der Waals surface area contributed by atoms with E-state index in [1.165, 1.54) is 4.57 Å². The van der Waals surface area contributed by atoms with Gasteiger partial charge in [0.05, 0.1) is 10.9 Å². The van der Waals surface area contributed by atoms with Gasteiger partial charge in [-0.2, -0.15) is 0 Å². The van der Waals surface area contributed by atoms with Crippen molar-refractivity contribution in [2.45, 2.75) is 57.7 Å². The summed E-state index contributed by atoms with van der Waals surface area (Å²) in [5.41, 5.74) is 4.74. The predicted octanol–water partition coefficient (Wildman–Crippen LogP) is 0.516. The van der Waals surface area contributed by atoms with Gasteiger partial charge in [0.1, 0.15) is 12.1 Å². The summed E-state index contributed by atoms with van der Waals surface area (Å²) in [6.45, 7) is 4.37. The summed E-state index contributed by atoms with van der Waals surface area (Å²) in [5.74, 6) is -0.623. The van der Waals surface area contributed by atoms with Crippen molar-refractivity contribution >= 4 is 22.7 Å². The van der Waals surface area contributed by atoms with Crippen molar-refractivity contribution in [1.82, 2.24) is 18.9 Å². The number of fused-ring (bicyclic) bond motifs is 1. The number of hydrogen-bond acceptors (Lipinski definition) is 5. The Morgan fingerprint density at radius 3 is 2.25 bits per heavy atom. The number of benzene rings is 1. The van der Waals surface area contributed by atoms with E-state index in [0.29, 0.717) is 43.4 Å². The molecule has 2 saturated heterocycles. The molecule has 0 unspecified atom stereocenters. The molecule has 2 amide bonds. The van der Waals surface area contributed by atoms with Crippen molar-refractivity contribution in [2.24, 2.45) is 5.73 Å². The summed E-state index contributed by atoms with van der Waals surface area (Å²) in [6, 6.07) is 6.94. The van der Waals surface area contributed by atoms with Gasteiger partial charge < -0.3 is 10.6 Å². The number of nitrogens with two attached hydrogens (primary N) is 1. The molecule has 2 aromatic rings. The number of carbonyl (C=O) groups excluding carboxylic acids is 2. The fourth-order valence-corrected chi connectivity index (χ4v) is 5.22. The number of amides is 2. The van der Waals surface area contributed by atoms with Crippen LogP contribution in [0.5, 0.6) is 0 Å². The minimum atomic E-state index is -0.716. The summed E-state index contributed by atoms with van der Waals surface area (Å²) in [6.07, 6.45) is 4.20. The molecular weight excluding hydrogens is 410 g/mol. The average Bonchev–Trinajstić information content (AvgIpc) is 2.82. The highest BCUT2D eigenvalue weighted by atomic mass is 16.2. The molecule has 2 N–H and O–H groups in total. The Labute approximate surface area is 186 Å². The summed E-state index contributed by atoms with van der Waals surface area (Å²) in [7, 11) is 0. The lowest BCUT2D eigenvalue weighted by atomic mass is 9.83. The smallest absolute Gasteiger partial charge is 0.331 e. The van der Waals surface area contributed by atoms with Crippen LogP contribution in [0.25, 0.3) is 10.9 Å². The molecule has 2 fully saturated rings. The van der Waals surface area contributed by atoms with E-state index < -0.39 is 16.8 Å². The highest BCUT2D eigenvalue weighted by Gasteiger charge is 2.45. The second-order valence-corrected chi connectivity index (χ2v) is 8.76. The molecule has 0 aliphatic carbocycles. The van der Waals surface area contributed by atoms with Crippen LogP contribution in [0.2, 0.25) is 0 Å². The SMILES string of the molecule is CCn1c(=O)n(CC(=O)N2CCC(C(N)=O)(N3CCCCC3)CC2)c(=O)c2ccccc21. The number of para-hydroxylation sites is 1. The normalized spacial score (nSPS) is 19.2. The third kappa shape index (κ3) is 3.74. The van der Waals surface area contributed by atoms with Gasteiger partial charge in [-0.1, -0.05) is 18.6 Å². The Hall–Kier alpha value is -2.94. The number of hydrogen-bond donors (Lipinski definition) is 1. The van der Waals surface area contributed by atoms with E-state index in [9.17, 15) is 19.2 Å². The van der Waals surface area contributed by atoms with Gasteiger partial charge in [0, 0.05) is 19.6 Å².